The molecular weight excluding hydrogens is 324 g/mol. The molecule has 2 rings (SSSR count). The van der Waals surface area contributed by atoms with Gasteiger partial charge in [-0.25, -0.2) is 0 Å². The molecule has 0 aliphatic heterocycles. The molecule has 24 heavy (non-hydrogen) atoms. The van der Waals surface area contributed by atoms with E-state index in [0.29, 0.717) is 17.9 Å². The predicted molar refractivity (Wildman–Crippen MR) is 98.6 cm³/mol. The molecule has 1 amide bonds. The van der Waals surface area contributed by atoms with E-state index in [1.54, 1.807) is 6.07 Å². The average Bonchev–Trinajstić information content (AvgIpc) is 2.94. The lowest BCUT2D eigenvalue weighted by molar-refractivity contribution is -0.120. The number of aliphatic hydroxyl groups is 1. The number of thiocarbonyl (C=S) groups is 1. The zero-order valence-electron chi connectivity index (χ0n) is 14.1. The average molecular weight is 346 g/mol. The van der Waals surface area contributed by atoms with Gasteiger partial charge in [-0.3, -0.25) is 4.79 Å². The van der Waals surface area contributed by atoms with Crippen LogP contribution in [-0.4, -0.2) is 16.1 Å². The van der Waals surface area contributed by atoms with E-state index in [1.165, 1.54) is 0 Å². The molecule has 0 bridgehead atoms. The van der Waals surface area contributed by atoms with Gasteiger partial charge in [0.15, 0.2) is 5.11 Å². The third kappa shape index (κ3) is 4.91. The third-order valence-electron chi connectivity index (χ3n) is 3.41. The van der Waals surface area contributed by atoms with Crippen LogP contribution < -0.4 is 10.6 Å². The summed E-state index contributed by atoms with van der Waals surface area (Å²) in [5.41, 5.74) is 2.73. The lowest BCUT2D eigenvalue weighted by Crippen LogP contribution is -2.34. The summed E-state index contributed by atoms with van der Waals surface area (Å²) >= 11 is 5.16. The zero-order chi connectivity index (χ0) is 17.7. The fourth-order valence-corrected chi connectivity index (χ4v) is 2.57. The van der Waals surface area contributed by atoms with Gasteiger partial charge in [-0.15, -0.1) is 0 Å². The van der Waals surface area contributed by atoms with Crippen molar-refractivity contribution < 1.29 is 14.3 Å². The molecule has 0 atom stereocenters. The molecule has 6 heteroatoms. The van der Waals surface area contributed by atoms with Crippen LogP contribution in [-0.2, 0) is 11.4 Å². The molecule has 0 aliphatic carbocycles. The highest BCUT2D eigenvalue weighted by molar-refractivity contribution is 7.80. The molecule has 1 heterocycles. The maximum Gasteiger partial charge on any atom is 0.226 e. The Morgan fingerprint density at radius 3 is 2.62 bits per heavy atom. The van der Waals surface area contributed by atoms with Crippen LogP contribution in [0, 0.1) is 12.8 Å². The van der Waals surface area contributed by atoms with Crippen molar-refractivity contribution in [3.63, 3.8) is 0 Å². The SMILES string of the molecule is Cc1cc(NC(=S)NC(=O)CC(C)C)ccc1-c1ccc(CO)o1. The fourth-order valence-electron chi connectivity index (χ4n) is 2.34. The fraction of sp³-hybridized carbons (Fsp3) is 0.333. The number of hydrogen-bond acceptors (Lipinski definition) is 4. The number of anilines is 1. The Morgan fingerprint density at radius 2 is 2.04 bits per heavy atom. The number of amides is 1. The Hall–Kier alpha value is -2.18. The second-order valence-electron chi connectivity index (χ2n) is 6.05. The van der Waals surface area contributed by atoms with E-state index in [0.717, 1.165) is 16.8 Å². The Kier molecular flexibility index (Phi) is 6.11. The van der Waals surface area contributed by atoms with E-state index < -0.39 is 0 Å². The van der Waals surface area contributed by atoms with Crippen LogP contribution in [0.3, 0.4) is 0 Å². The minimum atomic E-state index is -0.122. The van der Waals surface area contributed by atoms with Crippen LogP contribution in [0.5, 0.6) is 0 Å². The first-order chi connectivity index (χ1) is 11.4. The Labute approximate surface area is 147 Å². The molecule has 0 spiro atoms. The number of nitrogens with one attached hydrogen (secondary N) is 2. The van der Waals surface area contributed by atoms with Crippen LogP contribution in [0.15, 0.2) is 34.7 Å². The molecule has 1 aromatic heterocycles. The Bertz CT molecular complexity index is 738. The number of rotatable bonds is 5. The van der Waals surface area contributed by atoms with Crippen molar-refractivity contribution >= 4 is 28.9 Å². The number of carbonyl (C=O) groups is 1. The summed E-state index contributed by atoms with van der Waals surface area (Å²) in [4.78, 5) is 11.7. The number of aryl methyl sites for hydroxylation is 1. The van der Waals surface area contributed by atoms with Crippen molar-refractivity contribution in [1.29, 1.82) is 0 Å². The van der Waals surface area contributed by atoms with Crippen LogP contribution >= 0.6 is 12.2 Å². The maximum absolute atomic E-state index is 11.7. The number of carbonyl (C=O) groups excluding carboxylic acids is 1. The molecule has 1 aromatic carbocycles. The summed E-state index contributed by atoms with van der Waals surface area (Å²) in [5, 5.41) is 15.1. The maximum atomic E-state index is 11.7. The first kappa shape index (κ1) is 18.2. The third-order valence-corrected chi connectivity index (χ3v) is 3.62. The molecule has 0 unspecified atom stereocenters. The summed E-state index contributed by atoms with van der Waals surface area (Å²) in [6.45, 7) is 5.80. The minimum absolute atomic E-state index is 0.0945. The van der Waals surface area contributed by atoms with E-state index in [-0.39, 0.29) is 23.5 Å². The van der Waals surface area contributed by atoms with E-state index in [2.05, 4.69) is 10.6 Å². The van der Waals surface area contributed by atoms with Crippen molar-refractivity contribution in [2.24, 2.45) is 5.92 Å². The van der Waals surface area contributed by atoms with Gasteiger partial charge in [-0.1, -0.05) is 13.8 Å². The molecule has 2 aromatic rings. The number of hydrogen-bond donors (Lipinski definition) is 3. The van der Waals surface area contributed by atoms with Gasteiger partial charge in [-0.05, 0) is 61.0 Å². The smallest absolute Gasteiger partial charge is 0.226 e. The van der Waals surface area contributed by atoms with Gasteiger partial charge in [0.25, 0.3) is 0 Å². The topological polar surface area (TPSA) is 74.5 Å². The van der Waals surface area contributed by atoms with Gasteiger partial charge in [0, 0.05) is 17.7 Å². The van der Waals surface area contributed by atoms with E-state index in [1.807, 2.05) is 45.0 Å². The molecule has 3 N–H and O–H groups in total. The van der Waals surface area contributed by atoms with Gasteiger partial charge >= 0.3 is 0 Å². The molecule has 0 fully saturated rings. The summed E-state index contributed by atoms with van der Waals surface area (Å²) in [6, 6.07) is 9.29. The number of furan rings is 1. The minimum Gasteiger partial charge on any atom is -0.459 e. The zero-order valence-corrected chi connectivity index (χ0v) is 14.9. The van der Waals surface area contributed by atoms with E-state index in [9.17, 15) is 4.79 Å². The Balaban J connectivity index is 2.04. The number of benzene rings is 1. The van der Waals surface area contributed by atoms with Crippen LogP contribution in [0.1, 0.15) is 31.6 Å². The lowest BCUT2D eigenvalue weighted by atomic mass is 10.1. The van der Waals surface area contributed by atoms with Crippen molar-refractivity contribution in [3.8, 4) is 11.3 Å². The highest BCUT2D eigenvalue weighted by atomic mass is 32.1. The lowest BCUT2D eigenvalue weighted by Gasteiger charge is -2.12. The highest BCUT2D eigenvalue weighted by Crippen LogP contribution is 2.27. The quantitative estimate of drug-likeness (QED) is 0.721. The van der Waals surface area contributed by atoms with E-state index in [4.69, 9.17) is 21.7 Å². The largest absolute Gasteiger partial charge is 0.459 e. The number of aliphatic hydroxyl groups excluding tert-OH is 1. The predicted octanol–water partition coefficient (Wildman–Crippen LogP) is 3.61. The van der Waals surface area contributed by atoms with Crippen molar-refractivity contribution in [3.05, 3.63) is 41.7 Å². The summed E-state index contributed by atoms with van der Waals surface area (Å²) in [7, 11) is 0. The molecule has 0 radical (unpaired) electrons. The van der Waals surface area contributed by atoms with Crippen LogP contribution in [0.25, 0.3) is 11.3 Å². The van der Waals surface area contributed by atoms with Gasteiger partial charge in [0.05, 0.1) is 0 Å². The van der Waals surface area contributed by atoms with E-state index >= 15 is 0 Å². The first-order valence-electron chi connectivity index (χ1n) is 7.80. The molecule has 128 valence electrons. The second-order valence-corrected chi connectivity index (χ2v) is 6.46. The van der Waals surface area contributed by atoms with Gasteiger partial charge in [0.2, 0.25) is 5.91 Å². The molecule has 0 saturated heterocycles. The van der Waals surface area contributed by atoms with Crippen molar-refractivity contribution in [2.75, 3.05) is 5.32 Å². The first-order valence-corrected chi connectivity index (χ1v) is 8.21. The van der Waals surface area contributed by atoms with Gasteiger partial charge < -0.3 is 20.2 Å². The standard InChI is InChI=1S/C18H22N2O3S/c1-11(2)8-17(22)20-18(24)19-13-4-6-15(12(3)9-13)16-7-5-14(10-21)23-16/h4-7,9,11,21H,8,10H2,1-3H3,(H2,19,20,22,24). The molecule has 0 aliphatic rings. The molecule has 5 nitrogen and oxygen atoms in total. The normalized spacial score (nSPS) is 10.7. The highest BCUT2D eigenvalue weighted by Gasteiger charge is 2.10. The van der Waals surface area contributed by atoms with Crippen LogP contribution in [0.2, 0.25) is 0 Å². The second kappa shape index (κ2) is 8.08. The van der Waals surface area contributed by atoms with Gasteiger partial charge in [0.1, 0.15) is 18.1 Å². The van der Waals surface area contributed by atoms with Crippen LogP contribution in [0.4, 0.5) is 5.69 Å². The summed E-state index contributed by atoms with van der Waals surface area (Å²) in [5.74, 6) is 1.42. The summed E-state index contributed by atoms with van der Waals surface area (Å²) in [6.07, 6.45) is 0.436. The van der Waals surface area contributed by atoms with Crippen molar-refractivity contribution in [2.45, 2.75) is 33.8 Å². The van der Waals surface area contributed by atoms with Gasteiger partial charge in [-0.2, -0.15) is 0 Å². The summed E-state index contributed by atoms with van der Waals surface area (Å²) < 4.78 is 5.56. The molecular formula is C18H22N2O3S. The molecule has 0 saturated carbocycles. The Morgan fingerprint density at radius 1 is 1.29 bits per heavy atom. The monoisotopic (exact) mass is 346 g/mol. The van der Waals surface area contributed by atoms with Crippen molar-refractivity contribution in [1.82, 2.24) is 5.32 Å².